The van der Waals surface area contributed by atoms with Crippen molar-refractivity contribution >= 4 is 44.6 Å². The molecule has 2 aliphatic heterocycles. The van der Waals surface area contributed by atoms with Crippen molar-refractivity contribution in [3.63, 3.8) is 0 Å². The molecule has 0 aliphatic carbocycles. The Labute approximate surface area is 381 Å². The van der Waals surface area contributed by atoms with Crippen LogP contribution in [0.3, 0.4) is 0 Å². The zero-order chi connectivity index (χ0) is 43.9. The molecule has 0 N–H and O–H groups in total. The lowest BCUT2D eigenvalue weighted by molar-refractivity contribution is 0.463. The van der Waals surface area contributed by atoms with E-state index in [9.17, 15) is 0 Å². The van der Waals surface area contributed by atoms with Gasteiger partial charge in [0.05, 0.1) is 0 Å². The van der Waals surface area contributed by atoms with Crippen molar-refractivity contribution in [3.8, 4) is 56.4 Å². The second-order valence-corrected chi connectivity index (χ2v) is 18.8. The van der Waals surface area contributed by atoms with Gasteiger partial charge in [0.2, 0.25) is 0 Å². The van der Waals surface area contributed by atoms with Crippen LogP contribution in [0.15, 0.2) is 212 Å². The summed E-state index contributed by atoms with van der Waals surface area (Å²) in [6.45, 7) is 9.25. The molecule has 0 aromatic heterocycles. The number of fused-ring (bicyclic) bond motifs is 6. The molecule has 12 rings (SSSR count). The van der Waals surface area contributed by atoms with Gasteiger partial charge in [-0.15, -0.1) is 0 Å². The molecule has 0 fully saturated rings. The summed E-state index contributed by atoms with van der Waals surface area (Å²) in [5.41, 5.74) is 14.8. The molecule has 3 heteroatoms. The molecule has 0 amide bonds. The van der Waals surface area contributed by atoms with Crippen LogP contribution in [0.1, 0.15) is 49.9 Å². The number of rotatable bonds is 7. The molecule has 10 aromatic carbocycles. The lowest BCUT2D eigenvalue weighted by Crippen LogP contribution is -2.57. The van der Waals surface area contributed by atoms with E-state index >= 15 is 0 Å². The first kappa shape index (κ1) is 39.0. The summed E-state index contributed by atoms with van der Waals surface area (Å²) in [4.78, 5) is 0. The zero-order valence-electron chi connectivity index (χ0n) is 37.1. The summed E-state index contributed by atoms with van der Waals surface area (Å²) >= 11 is 0. The summed E-state index contributed by atoms with van der Waals surface area (Å²) in [7, 11) is 0. The van der Waals surface area contributed by atoms with Crippen LogP contribution in [0.25, 0.3) is 54.9 Å². The Bertz CT molecular complexity index is 3420. The summed E-state index contributed by atoms with van der Waals surface area (Å²) in [5.74, 6) is 3.43. The van der Waals surface area contributed by atoms with Gasteiger partial charge in [-0.3, -0.25) is 0 Å². The Kier molecular flexibility index (Phi) is 9.00. The van der Waals surface area contributed by atoms with E-state index in [0.29, 0.717) is 0 Å². The molecule has 0 atom stereocenters. The SMILES string of the molecule is CC(C)(c1ccccc1)c1cc(-c2cc3c4c(c2)Oc2cc(C(C)(C)c5ccccc5)ccc2B4c2ccccc2O3)cc(-c2c3ccccc3c(-c3ccccc3)c3ccccc23)c1. The van der Waals surface area contributed by atoms with Crippen LogP contribution in [-0.4, -0.2) is 6.71 Å². The number of benzene rings is 10. The largest absolute Gasteiger partial charge is 0.458 e. The average Bonchev–Trinajstić information content (AvgIpc) is 3.35. The first-order chi connectivity index (χ1) is 31.7. The third kappa shape index (κ3) is 6.32. The molecule has 65 heavy (non-hydrogen) atoms. The van der Waals surface area contributed by atoms with E-state index in [1.807, 2.05) is 0 Å². The predicted molar refractivity (Wildman–Crippen MR) is 273 cm³/mol. The Hall–Kier alpha value is -7.62. The fourth-order valence-electron chi connectivity index (χ4n) is 10.7. The Balaban J connectivity index is 1.09. The molecule has 2 nitrogen and oxygen atoms in total. The molecule has 0 radical (unpaired) electrons. The predicted octanol–water partition coefficient (Wildman–Crippen LogP) is 14.4. The smallest absolute Gasteiger partial charge is 0.260 e. The molecule has 0 saturated heterocycles. The van der Waals surface area contributed by atoms with Gasteiger partial charge in [-0.25, -0.2) is 0 Å². The first-order valence-electron chi connectivity index (χ1n) is 22.8. The highest BCUT2D eigenvalue weighted by Gasteiger charge is 2.41. The minimum atomic E-state index is -0.317. The summed E-state index contributed by atoms with van der Waals surface area (Å²) in [6.07, 6.45) is 0. The molecule has 2 heterocycles. The molecule has 310 valence electrons. The van der Waals surface area contributed by atoms with Crippen LogP contribution in [0.4, 0.5) is 0 Å². The van der Waals surface area contributed by atoms with Crippen molar-refractivity contribution in [2.45, 2.75) is 38.5 Å². The van der Waals surface area contributed by atoms with E-state index in [1.54, 1.807) is 0 Å². The van der Waals surface area contributed by atoms with E-state index in [-0.39, 0.29) is 17.5 Å². The molecular weight excluding hydrogens is 787 g/mol. The van der Waals surface area contributed by atoms with Crippen LogP contribution in [0.2, 0.25) is 0 Å². The summed E-state index contributed by atoms with van der Waals surface area (Å²) < 4.78 is 14.1. The van der Waals surface area contributed by atoms with Crippen molar-refractivity contribution in [2.75, 3.05) is 0 Å². The van der Waals surface area contributed by atoms with Gasteiger partial charge in [0.15, 0.2) is 0 Å². The minimum absolute atomic E-state index is 0.0311. The van der Waals surface area contributed by atoms with Gasteiger partial charge in [0, 0.05) is 16.3 Å². The van der Waals surface area contributed by atoms with E-state index in [1.165, 1.54) is 66.1 Å². The van der Waals surface area contributed by atoms with Crippen molar-refractivity contribution in [1.82, 2.24) is 0 Å². The number of hydrogen-bond acceptors (Lipinski definition) is 2. The van der Waals surface area contributed by atoms with Gasteiger partial charge >= 0.3 is 0 Å². The highest BCUT2D eigenvalue weighted by atomic mass is 16.5. The van der Waals surface area contributed by atoms with E-state index in [0.717, 1.165) is 50.5 Å². The third-order valence-electron chi connectivity index (χ3n) is 14.4. The molecular formula is C62H47BO2. The van der Waals surface area contributed by atoms with Gasteiger partial charge in [-0.2, -0.15) is 0 Å². The van der Waals surface area contributed by atoms with Crippen LogP contribution in [0, 0.1) is 0 Å². The quantitative estimate of drug-likeness (QED) is 0.118. The van der Waals surface area contributed by atoms with Gasteiger partial charge in [0.25, 0.3) is 6.71 Å². The maximum atomic E-state index is 7.15. The van der Waals surface area contributed by atoms with Gasteiger partial charge < -0.3 is 9.47 Å². The molecule has 0 bridgehead atoms. The molecule has 2 aliphatic rings. The molecule has 0 unspecified atom stereocenters. The summed E-state index contributed by atoms with van der Waals surface area (Å²) in [6, 6.07) is 77.4. The van der Waals surface area contributed by atoms with Crippen molar-refractivity contribution in [1.29, 1.82) is 0 Å². The molecule has 0 spiro atoms. The monoisotopic (exact) mass is 834 g/mol. The number of para-hydroxylation sites is 1. The van der Waals surface area contributed by atoms with Gasteiger partial charge in [-0.05, 0) is 118 Å². The van der Waals surface area contributed by atoms with Gasteiger partial charge in [-0.1, -0.05) is 210 Å². The standard InChI is InChI=1S/C62H47BO2/c1-61(2,44-22-10-6-11-23-44)46-32-33-53-55(39-46)65-57-38-42(37-56-60(57)63(53)52-30-18-19-31-54(52)64-56)41-34-43(36-47(35-41)62(3,4)45-24-12-7-13-25-45)59-50-28-16-14-26-48(50)58(40-20-8-5-9-21-40)49-27-15-17-29-51(49)59/h5-39H,1-4H3. The minimum Gasteiger partial charge on any atom is -0.458 e. The lowest BCUT2D eigenvalue weighted by atomic mass is 9.34. The number of ether oxygens (including phenoxy) is 2. The Morgan fingerprint density at radius 3 is 1.35 bits per heavy atom. The van der Waals surface area contributed by atoms with Crippen molar-refractivity contribution in [2.24, 2.45) is 0 Å². The maximum Gasteiger partial charge on any atom is 0.260 e. The summed E-state index contributed by atoms with van der Waals surface area (Å²) in [5, 5.41) is 4.92. The second-order valence-electron chi connectivity index (χ2n) is 18.8. The van der Waals surface area contributed by atoms with E-state index in [2.05, 4.69) is 240 Å². The third-order valence-corrected chi connectivity index (χ3v) is 14.4. The Morgan fingerprint density at radius 1 is 0.308 bits per heavy atom. The fraction of sp³-hybridized carbons (Fsp3) is 0.0968. The van der Waals surface area contributed by atoms with Crippen molar-refractivity contribution in [3.05, 3.63) is 235 Å². The lowest BCUT2D eigenvalue weighted by Gasteiger charge is -2.35. The molecule has 0 saturated carbocycles. The normalized spacial score (nSPS) is 12.8. The Morgan fingerprint density at radius 2 is 0.754 bits per heavy atom. The topological polar surface area (TPSA) is 18.5 Å². The highest BCUT2D eigenvalue weighted by molar-refractivity contribution is 6.98. The maximum absolute atomic E-state index is 7.15. The first-order valence-corrected chi connectivity index (χ1v) is 22.8. The zero-order valence-corrected chi connectivity index (χ0v) is 37.1. The van der Waals surface area contributed by atoms with Crippen LogP contribution >= 0.6 is 0 Å². The molecule has 10 aromatic rings. The van der Waals surface area contributed by atoms with E-state index < -0.39 is 0 Å². The second kappa shape index (κ2) is 15.0. The van der Waals surface area contributed by atoms with E-state index in [4.69, 9.17) is 9.47 Å². The van der Waals surface area contributed by atoms with Crippen LogP contribution in [0.5, 0.6) is 23.0 Å². The van der Waals surface area contributed by atoms with Gasteiger partial charge in [0.1, 0.15) is 23.0 Å². The van der Waals surface area contributed by atoms with Crippen LogP contribution < -0.4 is 25.9 Å². The highest BCUT2D eigenvalue weighted by Crippen LogP contribution is 2.47. The average molecular weight is 835 g/mol. The van der Waals surface area contributed by atoms with Crippen LogP contribution in [-0.2, 0) is 10.8 Å². The number of hydrogen-bond donors (Lipinski definition) is 0. The van der Waals surface area contributed by atoms with Crippen molar-refractivity contribution < 1.29 is 9.47 Å². The fourth-order valence-corrected chi connectivity index (χ4v) is 10.7.